The van der Waals surface area contributed by atoms with Crippen molar-refractivity contribution in [3.8, 4) is 11.6 Å². The Morgan fingerprint density at radius 3 is 2.81 bits per heavy atom. The van der Waals surface area contributed by atoms with E-state index in [0.717, 1.165) is 5.56 Å². The minimum Gasteiger partial charge on any atom is -0.438 e. The summed E-state index contributed by atoms with van der Waals surface area (Å²) in [6, 6.07) is 9.33. The number of hydrazine groups is 1. The minimum absolute atomic E-state index is 0.280. The molecule has 6 heteroatoms. The lowest BCUT2D eigenvalue weighted by Crippen LogP contribution is -2.11. The highest BCUT2D eigenvalue weighted by Gasteiger charge is 2.08. The third-order valence-electron chi connectivity index (χ3n) is 2.65. The topological polar surface area (TPSA) is 82.3 Å². The molecule has 6 nitrogen and oxygen atoms in total. The first-order chi connectivity index (χ1) is 10.3. The fourth-order valence-electron chi connectivity index (χ4n) is 1.80. The average molecular weight is 286 g/mol. The number of para-hydroxylation sites is 1. The van der Waals surface area contributed by atoms with Gasteiger partial charge in [-0.3, -0.25) is 0 Å². The lowest BCUT2D eigenvalue weighted by Gasteiger charge is -2.10. The maximum atomic E-state index is 5.84. The molecule has 3 N–H and O–H groups in total. The molecule has 0 radical (unpaired) electrons. The van der Waals surface area contributed by atoms with Crippen LogP contribution in [-0.2, 0) is 11.3 Å². The van der Waals surface area contributed by atoms with Crippen molar-refractivity contribution in [2.24, 2.45) is 5.84 Å². The first-order valence-electron chi connectivity index (χ1n) is 6.50. The van der Waals surface area contributed by atoms with Gasteiger partial charge in [0.25, 0.3) is 0 Å². The van der Waals surface area contributed by atoms with Gasteiger partial charge >= 0.3 is 0 Å². The highest BCUT2D eigenvalue weighted by Crippen LogP contribution is 2.26. The van der Waals surface area contributed by atoms with Crippen LogP contribution in [0, 0.1) is 0 Å². The summed E-state index contributed by atoms with van der Waals surface area (Å²) in [5, 5.41) is 0. The van der Waals surface area contributed by atoms with Gasteiger partial charge < -0.3 is 14.9 Å². The third kappa shape index (κ3) is 4.01. The molecule has 0 bridgehead atoms. The van der Waals surface area contributed by atoms with E-state index in [0.29, 0.717) is 23.3 Å². The van der Waals surface area contributed by atoms with Crippen LogP contribution in [0.15, 0.2) is 36.4 Å². The Morgan fingerprint density at radius 1 is 1.29 bits per heavy atom. The molecule has 0 fully saturated rings. The molecule has 1 aromatic carbocycles. The molecule has 1 heterocycles. The third-order valence-corrected chi connectivity index (χ3v) is 2.65. The van der Waals surface area contributed by atoms with Gasteiger partial charge in [-0.25, -0.2) is 10.8 Å². The number of hydrogen-bond donors (Lipinski definition) is 2. The van der Waals surface area contributed by atoms with E-state index in [1.807, 2.05) is 43.3 Å². The summed E-state index contributed by atoms with van der Waals surface area (Å²) in [5.41, 5.74) is 3.46. The van der Waals surface area contributed by atoms with E-state index in [-0.39, 0.29) is 6.61 Å². The highest BCUT2D eigenvalue weighted by molar-refractivity contribution is 5.57. The predicted octanol–water partition coefficient (Wildman–Crippen LogP) is 2.73. The first-order valence-corrected chi connectivity index (χ1v) is 6.50. The largest absolute Gasteiger partial charge is 0.438 e. The number of hydrogen-bond acceptors (Lipinski definition) is 6. The first kappa shape index (κ1) is 15.0. The van der Waals surface area contributed by atoms with Gasteiger partial charge in [0, 0.05) is 18.7 Å². The molecule has 0 unspecified atom stereocenters. The Kier molecular flexibility index (Phi) is 5.25. The van der Waals surface area contributed by atoms with E-state index in [9.17, 15) is 0 Å². The molecule has 0 saturated carbocycles. The number of nitrogen functional groups attached to an aromatic ring is 1. The molecule has 2 aromatic rings. The summed E-state index contributed by atoms with van der Waals surface area (Å²) in [6.45, 7) is 2.23. The molecule has 0 spiro atoms. The van der Waals surface area contributed by atoms with Crippen LogP contribution in [-0.4, -0.2) is 17.1 Å². The second-order valence-corrected chi connectivity index (χ2v) is 4.22. The molecule has 21 heavy (non-hydrogen) atoms. The summed E-state index contributed by atoms with van der Waals surface area (Å²) in [6.07, 6.45) is 3.92. The van der Waals surface area contributed by atoms with E-state index in [1.165, 1.54) is 0 Å². The SMILES string of the molecule is C/C=C/c1ccccc1Oc1cc(NN)nc(COC)n1. The molecule has 2 rings (SSSR count). The standard InChI is InChI=1S/C15H18N4O2/c1-3-6-11-7-4-5-8-12(11)21-15-9-13(19-16)17-14(18-15)10-20-2/h3-9H,10,16H2,1-2H3,(H,17,18,19)/b6-3+. The predicted molar refractivity (Wildman–Crippen MR) is 81.8 cm³/mol. The van der Waals surface area contributed by atoms with Gasteiger partial charge in [-0.2, -0.15) is 4.98 Å². The van der Waals surface area contributed by atoms with Crippen LogP contribution in [0.4, 0.5) is 5.82 Å². The fraction of sp³-hybridized carbons (Fsp3) is 0.200. The van der Waals surface area contributed by atoms with Crippen molar-refractivity contribution >= 4 is 11.9 Å². The van der Waals surface area contributed by atoms with Crippen LogP contribution in [0.1, 0.15) is 18.3 Å². The van der Waals surface area contributed by atoms with Crippen molar-refractivity contribution in [3.05, 3.63) is 47.8 Å². The number of aromatic nitrogens is 2. The molecule has 0 amide bonds. The van der Waals surface area contributed by atoms with E-state index in [4.69, 9.17) is 15.3 Å². The van der Waals surface area contributed by atoms with Gasteiger partial charge in [-0.15, -0.1) is 0 Å². The number of nitrogens with zero attached hydrogens (tertiary/aromatic N) is 2. The second kappa shape index (κ2) is 7.37. The Hall–Kier alpha value is -2.44. The smallest absolute Gasteiger partial charge is 0.224 e. The lowest BCUT2D eigenvalue weighted by molar-refractivity contribution is 0.177. The van der Waals surface area contributed by atoms with E-state index < -0.39 is 0 Å². The number of anilines is 1. The molecular formula is C15H18N4O2. The quantitative estimate of drug-likeness (QED) is 0.627. The zero-order chi connectivity index (χ0) is 15.1. The van der Waals surface area contributed by atoms with Crippen molar-refractivity contribution in [2.45, 2.75) is 13.5 Å². The number of benzene rings is 1. The molecule has 0 aliphatic carbocycles. The van der Waals surface area contributed by atoms with Crippen LogP contribution in [0.2, 0.25) is 0 Å². The maximum Gasteiger partial charge on any atom is 0.224 e. The van der Waals surface area contributed by atoms with Crippen molar-refractivity contribution in [3.63, 3.8) is 0 Å². The monoisotopic (exact) mass is 286 g/mol. The molecule has 0 saturated heterocycles. The van der Waals surface area contributed by atoms with Gasteiger partial charge in [0.15, 0.2) is 5.82 Å². The Labute approximate surface area is 123 Å². The Morgan fingerprint density at radius 2 is 2.10 bits per heavy atom. The average Bonchev–Trinajstić information content (AvgIpc) is 2.49. The van der Waals surface area contributed by atoms with Crippen LogP contribution in [0.3, 0.4) is 0 Å². The molecular weight excluding hydrogens is 268 g/mol. The highest BCUT2D eigenvalue weighted by atomic mass is 16.5. The van der Waals surface area contributed by atoms with E-state index in [2.05, 4.69) is 15.4 Å². The number of methoxy groups -OCH3 is 1. The summed E-state index contributed by atoms with van der Waals surface area (Å²) < 4.78 is 10.9. The molecule has 0 aliphatic rings. The number of rotatable bonds is 6. The minimum atomic E-state index is 0.280. The maximum absolute atomic E-state index is 5.84. The summed E-state index contributed by atoms with van der Waals surface area (Å²) in [7, 11) is 1.58. The van der Waals surface area contributed by atoms with Crippen LogP contribution in [0.25, 0.3) is 6.08 Å². The van der Waals surface area contributed by atoms with E-state index in [1.54, 1.807) is 13.2 Å². The van der Waals surface area contributed by atoms with Crippen LogP contribution >= 0.6 is 0 Å². The summed E-state index contributed by atoms with van der Waals surface area (Å²) >= 11 is 0. The van der Waals surface area contributed by atoms with Crippen LogP contribution in [0.5, 0.6) is 11.6 Å². The fourth-order valence-corrected chi connectivity index (χ4v) is 1.80. The Bertz CT molecular complexity index is 629. The molecule has 1 aromatic heterocycles. The van der Waals surface area contributed by atoms with Crippen LogP contribution < -0.4 is 16.0 Å². The molecule has 0 aliphatic heterocycles. The van der Waals surface area contributed by atoms with Gasteiger partial charge in [0.1, 0.15) is 18.2 Å². The van der Waals surface area contributed by atoms with Gasteiger partial charge in [-0.1, -0.05) is 30.4 Å². The van der Waals surface area contributed by atoms with E-state index >= 15 is 0 Å². The lowest BCUT2D eigenvalue weighted by atomic mass is 10.2. The zero-order valence-electron chi connectivity index (χ0n) is 12.0. The van der Waals surface area contributed by atoms with Crippen molar-refractivity contribution in [1.82, 2.24) is 9.97 Å². The van der Waals surface area contributed by atoms with Gasteiger partial charge in [-0.05, 0) is 13.0 Å². The zero-order valence-corrected chi connectivity index (χ0v) is 12.0. The molecule has 110 valence electrons. The Balaban J connectivity index is 2.32. The normalized spacial score (nSPS) is 10.8. The second-order valence-electron chi connectivity index (χ2n) is 4.22. The van der Waals surface area contributed by atoms with Crippen molar-refractivity contribution in [2.75, 3.05) is 12.5 Å². The van der Waals surface area contributed by atoms with Crippen molar-refractivity contribution < 1.29 is 9.47 Å². The molecule has 0 atom stereocenters. The summed E-state index contributed by atoms with van der Waals surface area (Å²) in [4.78, 5) is 8.47. The number of nitrogens with one attached hydrogen (secondary N) is 1. The summed E-state index contributed by atoms with van der Waals surface area (Å²) in [5.74, 6) is 7.48. The number of allylic oxidation sites excluding steroid dienone is 1. The van der Waals surface area contributed by atoms with Crippen molar-refractivity contribution in [1.29, 1.82) is 0 Å². The number of nitrogens with two attached hydrogens (primary N) is 1. The van der Waals surface area contributed by atoms with Gasteiger partial charge in [0.05, 0.1) is 0 Å². The number of ether oxygens (including phenoxy) is 2. The van der Waals surface area contributed by atoms with Gasteiger partial charge in [0.2, 0.25) is 5.88 Å².